The van der Waals surface area contributed by atoms with E-state index in [4.69, 9.17) is 0 Å². The first-order valence-electron chi connectivity index (χ1n) is 9.03. The van der Waals surface area contributed by atoms with E-state index >= 15 is 0 Å². The second-order valence-corrected chi connectivity index (χ2v) is 7.66. The first-order valence-corrected chi connectivity index (χ1v) is 10.0. The van der Waals surface area contributed by atoms with Crippen molar-refractivity contribution >= 4 is 28.4 Å². The number of aromatic nitrogens is 4. The fourth-order valence-corrected chi connectivity index (χ4v) is 3.65. The van der Waals surface area contributed by atoms with E-state index in [1.807, 2.05) is 56.0 Å². The molecular formula is C21H21N5OS. The molecule has 0 unspecified atom stereocenters. The number of nitrogens with one attached hydrogen (secondary N) is 1. The summed E-state index contributed by atoms with van der Waals surface area (Å²) in [6, 6.07) is 9.86. The predicted molar refractivity (Wildman–Crippen MR) is 116 cm³/mol. The summed E-state index contributed by atoms with van der Waals surface area (Å²) in [5.41, 5.74) is 4.75. The monoisotopic (exact) mass is 391 g/mol. The zero-order valence-corrected chi connectivity index (χ0v) is 16.8. The van der Waals surface area contributed by atoms with E-state index in [-0.39, 0.29) is 5.56 Å². The topological polar surface area (TPSA) is 64.7 Å². The van der Waals surface area contributed by atoms with E-state index in [2.05, 4.69) is 21.7 Å². The Morgan fingerprint density at radius 3 is 2.68 bits per heavy atom. The minimum Gasteiger partial charge on any atom is -0.330 e. The Kier molecular flexibility index (Phi) is 4.92. The molecule has 0 aliphatic carbocycles. The van der Waals surface area contributed by atoms with Gasteiger partial charge in [0.1, 0.15) is 0 Å². The zero-order valence-electron chi connectivity index (χ0n) is 16.0. The van der Waals surface area contributed by atoms with E-state index in [1.165, 1.54) is 0 Å². The van der Waals surface area contributed by atoms with Gasteiger partial charge in [-0.15, -0.1) is 0 Å². The maximum Gasteiger partial charge on any atom is 0.258 e. The summed E-state index contributed by atoms with van der Waals surface area (Å²) >= 11 is 1.63. The highest BCUT2D eigenvalue weighted by Crippen LogP contribution is 2.31. The van der Waals surface area contributed by atoms with Crippen molar-refractivity contribution in [1.29, 1.82) is 0 Å². The first-order chi connectivity index (χ1) is 13.6. The molecule has 3 heterocycles. The van der Waals surface area contributed by atoms with Crippen molar-refractivity contribution < 1.29 is 0 Å². The molecule has 4 aromatic rings. The summed E-state index contributed by atoms with van der Waals surface area (Å²) in [6.45, 7) is 2.10. The Balaban J connectivity index is 1.92. The van der Waals surface area contributed by atoms with Crippen LogP contribution in [0.25, 0.3) is 33.2 Å². The molecule has 0 saturated carbocycles. The van der Waals surface area contributed by atoms with Crippen molar-refractivity contribution in [2.45, 2.75) is 6.92 Å². The summed E-state index contributed by atoms with van der Waals surface area (Å²) in [4.78, 5) is 17.2. The van der Waals surface area contributed by atoms with Gasteiger partial charge in [0.25, 0.3) is 5.56 Å². The van der Waals surface area contributed by atoms with Gasteiger partial charge in [-0.05, 0) is 35.2 Å². The van der Waals surface area contributed by atoms with Crippen LogP contribution in [-0.4, -0.2) is 25.1 Å². The third-order valence-corrected chi connectivity index (χ3v) is 5.26. The molecule has 28 heavy (non-hydrogen) atoms. The predicted octanol–water partition coefficient (Wildman–Crippen LogP) is 4.08. The van der Waals surface area contributed by atoms with Crippen molar-refractivity contribution in [3.63, 3.8) is 0 Å². The number of hydrogen-bond donors (Lipinski definition) is 1. The lowest BCUT2D eigenvalue weighted by Crippen LogP contribution is -2.16. The third kappa shape index (κ3) is 3.41. The van der Waals surface area contributed by atoms with Gasteiger partial charge in [0.2, 0.25) is 0 Å². The Bertz CT molecular complexity index is 1210. The fourth-order valence-electron chi connectivity index (χ4n) is 3.22. The highest BCUT2D eigenvalue weighted by Gasteiger charge is 2.12. The van der Waals surface area contributed by atoms with Gasteiger partial charge in [-0.1, -0.05) is 24.9 Å². The summed E-state index contributed by atoms with van der Waals surface area (Å²) in [5, 5.41) is 5.82. The summed E-state index contributed by atoms with van der Waals surface area (Å²) in [6.07, 6.45) is 7.44. The third-order valence-electron chi connectivity index (χ3n) is 4.59. The summed E-state index contributed by atoms with van der Waals surface area (Å²) in [7, 11) is 3.66. The molecule has 0 spiro atoms. The largest absolute Gasteiger partial charge is 0.330 e. The maximum atomic E-state index is 12.7. The molecule has 3 aromatic heterocycles. The number of rotatable bonds is 5. The molecule has 0 aliphatic heterocycles. The normalized spacial score (nSPS) is 11.1. The molecule has 0 saturated heterocycles. The average Bonchev–Trinajstić information content (AvgIpc) is 3.15. The van der Waals surface area contributed by atoms with Gasteiger partial charge >= 0.3 is 0 Å². The van der Waals surface area contributed by atoms with Gasteiger partial charge in [0.05, 0.1) is 11.9 Å². The van der Waals surface area contributed by atoms with Gasteiger partial charge in [0.15, 0.2) is 0 Å². The summed E-state index contributed by atoms with van der Waals surface area (Å²) in [5.74, 6) is 0.967. The number of nitrogens with zero attached hydrogens (tertiary/aromatic N) is 4. The summed E-state index contributed by atoms with van der Waals surface area (Å²) < 4.78 is 6.70. The van der Waals surface area contributed by atoms with Crippen molar-refractivity contribution in [2.75, 3.05) is 10.5 Å². The molecule has 0 bridgehead atoms. The molecule has 0 aliphatic rings. The van der Waals surface area contributed by atoms with E-state index < -0.39 is 0 Å². The van der Waals surface area contributed by atoms with E-state index in [1.54, 1.807) is 34.4 Å². The van der Waals surface area contributed by atoms with Gasteiger partial charge in [-0.25, -0.2) is 0 Å². The zero-order chi connectivity index (χ0) is 19.7. The molecular weight excluding hydrogens is 370 g/mol. The van der Waals surface area contributed by atoms with Crippen LogP contribution in [0.1, 0.15) is 6.92 Å². The van der Waals surface area contributed by atoms with Crippen LogP contribution in [0.3, 0.4) is 0 Å². The number of aryl methyl sites for hydroxylation is 2. The number of benzene rings is 1. The van der Waals surface area contributed by atoms with Crippen LogP contribution in [0.4, 0.5) is 5.69 Å². The van der Waals surface area contributed by atoms with Crippen LogP contribution < -0.4 is 10.3 Å². The minimum absolute atomic E-state index is 0.0210. The maximum absolute atomic E-state index is 12.7. The number of fused-ring (bicyclic) bond motifs is 1. The smallest absolute Gasteiger partial charge is 0.258 e. The lowest BCUT2D eigenvalue weighted by atomic mass is 9.99. The van der Waals surface area contributed by atoms with Gasteiger partial charge in [-0.2, -0.15) is 5.10 Å². The van der Waals surface area contributed by atoms with Crippen LogP contribution in [0.2, 0.25) is 0 Å². The molecule has 0 atom stereocenters. The van der Waals surface area contributed by atoms with Crippen molar-refractivity contribution in [3.05, 3.63) is 65.5 Å². The van der Waals surface area contributed by atoms with Gasteiger partial charge < -0.3 is 9.29 Å². The Morgan fingerprint density at radius 1 is 1.07 bits per heavy atom. The van der Waals surface area contributed by atoms with Crippen LogP contribution in [-0.2, 0) is 14.1 Å². The Labute approximate surface area is 167 Å². The SMILES string of the molecule is CCSNc1ccnc(-c2cn(C)c(=O)c3ccc(-c4cnn(C)c4)cc23)c1. The molecule has 7 heteroatoms. The van der Waals surface area contributed by atoms with E-state index in [9.17, 15) is 4.79 Å². The van der Waals surface area contributed by atoms with E-state index in [0.717, 1.165) is 39.2 Å². The molecule has 0 radical (unpaired) electrons. The Morgan fingerprint density at radius 2 is 1.93 bits per heavy atom. The van der Waals surface area contributed by atoms with Gasteiger partial charge in [0, 0.05) is 60.6 Å². The standard InChI is InChI=1S/C21H21N5OS/c1-4-28-24-16-7-8-22-20(10-16)19-13-25(2)21(27)17-6-5-14(9-18(17)19)15-11-23-26(3)12-15/h5-13H,4H2,1-3H3,(H,22,24). The van der Waals surface area contributed by atoms with Crippen LogP contribution in [0.5, 0.6) is 0 Å². The van der Waals surface area contributed by atoms with Crippen LogP contribution in [0, 0.1) is 0 Å². The average molecular weight is 392 g/mol. The highest BCUT2D eigenvalue weighted by molar-refractivity contribution is 8.00. The number of pyridine rings is 2. The molecule has 4 rings (SSSR count). The van der Waals surface area contributed by atoms with Crippen molar-refractivity contribution in [3.8, 4) is 22.4 Å². The van der Waals surface area contributed by atoms with Crippen molar-refractivity contribution in [1.82, 2.24) is 19.3 Å². The Hall–Kier alpha value is -3.06. The quantitative estimate of drug-likeness (QED) is 0.519. The fraction of sp³-hybridized carbons (Fsp3) is 0.190. The number of hydrogen-bond acceptors (Lipinski definition) is 5. The van der Waals surface area contributed by atoms with Crippen LogP contribution >= 0.6 is 11.9 Å². The molecule has 0 amide bonds. The second kappa shape index (κ2) is 7.52. The lowest BCUT2D eigenvalue weighted by Gasteiger charge is -2.12. The highest BCUT2D eigenvalue weighted by atomic mass is 32.2. The van der Waals surface area contributed by atoms with Crippen molar-refractivity contribution in [2.24, 2.45) is 14.1 Å². The molecule has 0 fully saturated rings. The lowest BCUT2D eigenvalue weighted by molar-refractivity contribution is 0.768. The van der Waals surface area contributed by atoms with E-state index in [0.29, 0.717) is 5.39 Å². The number of anilines is 1. The molecule has 6 nitrogen and oxygen atoms in total. The minimum atomic E-state index is -0.0210. The molecule has 1 aromatic carbocycles. The first kappa shape index (κ1) is 18.3. The molecule has 142 valence electrons. The van der Waals surface area contributed by atoms with Crippen LogP contribution in [0.15, 0.2) is 59.9 Å². The van der Waals surface area contributed by atoms with Gasteiger partial charge in [-0.3, -0.25) is 14.5 Å². The second-order valence-electron chi connectivity index (χ2n) is 6.59. The molecule has 1 N–H and O–H groups in total.